The van der Waals surface area contributed by atoms with E-state index >= 15 is 0 Å². The Kier molecular flexibility index (Phi) is 4.80. The van der Waals surface area contributed by atoms with Crippen LogP contribution in [0.4, 0.5) is 0 Å². The molecule has 6 heteroatoms. The Morgan fingerprint density at radius 1 is 1.07 bits per heavy atom. The summed E-state index contributed by atoms with van der Waals surface area (Å²) >= 11 is 1.46. The van der Waals surface area contributed by atoms with Crippen LogP contribution in [-0.2, 0) is 6.54 Å². The molecular weight excluding hydrogens is 356 g/mol. The first-order valence-corrected chi connectivity index (χ1v) is 9.45. The van der Waals surface area contributed by atoms with Gasteiger partial charge in [-0.05, 0) is 41.6 Å². The number of thiophene rings is 1. The van der Waals surface area contributed by atoms with Gasteiger partial charge in [-0.1, -0.05) is 42.0 Å². The molecule has 0 aliphatic rings. The maximum atomic E-state index is 12.7. The zero-order chi connectivity index (χ0) is 18.6. The molecule has 0 aliphatic carbocycles. The number of aromatic nitrogens is 3. The van der Waals surface area contributed by atoms with Crippen LogP contribution in [0.5, 0.6) is 0 Å². The van der Waals surface area contributed by atoms with E-state index in [1.165, 1.54) is 23.2 Å². The third-order valence-corrected chi connectivity index (χ3v) is 5.22. The Bertz CT molecular complexity index is 1030. The van der Waals surface area contributed by atoms with Gasteiger partial charge in [-0.3, -0.25) is 4.79 Å². The lowest BCUT2D eigenvalue weighted by Gasteiger charge is -2.08. The van der Waals surface area contributed by atoms with Crippen molar-refractivity contribution in [3.05, 3.63) is 88.6 Å². The van der Waals surface area contributed by atoms with Crippen molar-refractivity contribution in [2.24, 2.45) is 0 Å². The molecule has 0 radical (unpaired) electrons. The molecule has 27 heavy (non-hydrogen) atoms. The summed E-state index contributed by atoms with van der Waals surface area (Å²) in [4.78, 5) is 17.3. The number of hydrogen-bond acceptors (Lipinski definition) is 4. The molecule has 0 unspecified atom stereocenters. The van der Waals surface area contributed by atoms with E-state index in [-0.39, 0.29) is 5.91 Å². The van der Waals surface area contributed by atoms with Gasteiger partial charge in [-0.15, -0.1) is 11.3 Å². The molecule has 0 atom stereocenters. The molecule has 134 valence electrons. The second-order valence-corrected chi connectivity index (χ2v) is 7.13. The van der Waals surface area contributed by atoms with Gasteiger partial charge in [0.2, 0.25) is 0 Å². The lowest BCUT2D eigenvalue weighted by atomic mass is 10.0. The van der Waals surface area contributed by atoms with E-state index in [0.29, 0.717) is 6.54 Å². The Labute approximate surface area is 161 Å². The Morgan fingerprint density at radius 2 is 1.85 bits per heavy atom. The molecule has 4 aromatic rings. The highest BCUT2D eigenvalue weighted by atomic mass is 32.1. The zero-order valence-electron chi connectivity index (χ0n) is 14.8. The minimum atomic E-state index is -0.0547. The van der Waals surface area contributed by atoms with E-state index < -0.39 is 0 Å². The summed E-state index contributed by atoms with van der Waals surface area (Å²) in [5, 5.41) is 9.07. The fourth-order valence-corrected chi connectivity index (χ4v) is 3.65. The van der Waals surface area contributed by atoms with Gasteiger partial charge in [0.05, 0.1) is 10.6 Å². The third-order valence-electron chi connectivity index (χ3n) is 4.31. The van der Waals surface area contributed by atoms with E-state index in [9.17, 15) is 4.79 Å². The number of aryl methyl sites for hydroxylation is 1. The first kappa shape index (κ1) is 17.2. The van der Waals surface area contributed by atoms with Gasteiger partial charge in [-0.2, -0.15) is 5.10 Å². The Hall–Kier alpha value is -3.25. The van der Waals surface area contributed by atoms with Gasteiger partial charge in [0.1, 0.15) is 12.7 Å². The van der Waals surface area contributed by atoms with Crippen LogP contribution in [0.3, 0.4) is 0 Å². The maximum absolute atomic E-state index is 12.7. The van der Waals surface area contributed by atoms with Gasteiger partial charge < -0.3 is 5.32 Å². The second-order valence-electron chi connectivity index (χ2n) is 6.22. The van der Waals surface area contributed by atoms with Crippen LogP contribution in [0.1, 0.15) is 20.8 Å². The highest BCUT2D eigenvalue weighted by Crippen LogP contribution is 2.28. The van der Waals surface area contributed by atoms with Crippen LogP contribution in [-0.4, -0.2) is 20.7 Å². The van der Waals surface area contributed by atoms with Crippen molar-refractivity contribution >= 4 is 17.2 Å². The van der Waals surface area contributed by atoms with Crippen molar-refractivity contribution in [2.75, 3.05) is 0 Å². The van der Waals surface area contributed by atoms with Crippen molar-refractivity contribution in [3.8, 4) is 16.8 Å². The van der Waals surface area contributed by atoms with Crippen molar-refractivity contribution in [1.29, 1.82) is 0 Å². The first-order valence-electron chi connectivity index (χ1n) is 8.57. The summed E-state index contributed by atoms with van der Waals surface area (Å²) in [5.74, 6) is -0.0547. The minimum Gasteiger partial charge on any atom is -0.347 e. The Balaban J connectivity index is 1.44. The molecule has 1 amide bonds. The number of nitrogens with one attached hydrogen (secondary N) is 1. The predicted molar refractivity (Wildman–Crippen MR) is 107 cm³/mol. The lowest BCUT2D eigenvalue weighted by Crippen LogP contribution is -2.22. The van der Waals surface area contributed by atoms with Crippen LogP contribution in [0.25, 0.3) is 16.8 Å². The number of carbonyl (C=O) groups excluding carboxylic acids is 1. The molecule has 1 N–H and O–H groups in total. The largest absolute Gasteiger partial charge is 0.347 e. The standard InChI is InChI=1S/C21H18N4OS/c1-15-2-6-17(7-3-15)19-10-11-27-20(19)21(26)23-12-16-4-8-18(9-5-16)25-14-22-13-24-25/h2-11,13-14H,12H2,1H3,(H,23,26). The molecule has 5 nitrogen and oxygen atoms in total. The average Bonchev–Trinajstić information content (AvgIpc) is 3.39. The highest BCUT2D eigenvalue weighted by Gasteiger charge is 2.14. The van der Waals surface area contributed by atoms with Crippen molar-refractivity contribution < 1.29 is 4.79 Å². The summed E-state index contributed by atoms with van der Waals surface area (Å²) in [7, 11) is 0. The summed E-state index contributed by atoms with van der Waals surface area (Å²) in [6.45, 7) is 2.53. The number of rotatable bonds is 5. The summed E-state index contributed by atoms with van der Waals surface area (Å²) in [5.41, 5.74) is 5.20. The van der Waals surface area contributed by atoms with Crippen molar-refractivity contribution in [3.63, 3.8) is 0 Å². The molecule has 0 bridgehead atoms. The number of hydrogen-bond donors (Lipinski definition) is 1. The minimum absolute atomic E-state index is 0.0547. The van der Waals surface area contributed by atoms with Crippen LogP contribution >= 0.6 is 11.3 Å². The predicted octanol–water partition coefficient (Wildman–Crippen LogP) is 4.23. The molecular formula is C21H18N4OS. The molecule has 2 heterocycles. The van der Waals surface area contributed by atoms with Gasteiger partial charge >= 0.3 is 0 Å². The fraction of sp³-hybridized carbons (Fsp3) is 0.0952. The molecule has 2 aromatic heterocycles. The maximum Gasteiger partial charge on any atom is 0.262 e. The van der Waals surface area contributed by atoms with Gasteiger partial charge in [0.15, 0.2) is 0 Å². The molecule has 4 rings (SSSR count). The van der Waals surface area contributed by atoms with E-state index in [4.69, 9.17) is 0 Å². The average molecular weight is 374 g/mol. The number of carbonyl (C=O) groups is 1. The monoisotopic (exact) mass is 374 g/mol. The number of nitrogens with zero attached hydrogens (tertiary/aromatic N) is 3. The van der Waals surface area contributed by atoms with E-state index in [1.807, 2.05) is 35.7 Å². The van der Waals surface area contributed by atoms with Crippen LogP contribution in [0.2, 0.25) is 0 Å². The molecule has 0 spiro atoms. The van der Waals surface area contributed by atoms with E-state index in [1.54, 1.807) is 11.0 Å². The van der Waals surface area contributed by atoms with Gasteiger partial charge in [-0.25, -0.2) is 9.67 Å². The topological polar surface area (TPSA) is 59.8 Å². The SMILES string of the molecule is Cc1ccc(-c2ccsc2C(=O)NCc2ccc(-n3cncn3)cc2)cc1. The van der Waals surface area contributed by atoms with Crippen LogP contribution in [0, 0.1) is 6.92 Å². The fourth-order valence-electron chi connectivity index (χ4n) is 2.82. The van der Waals surface area contributed by atoms with Gasteiger partial charge in [0, 0.05) is 12.1 Å². The summed E-state index contributed by atoms with van der Waals surface area (Å²) in [6.07, 6.45) is 3.15. The Morgan fingerprint density at radius 3 is 2.56 bits per heavy atom. The third kappa shape index (κ3) is 3.80. The van der Waals surface area contributed by atoms with Crippen molar-refractivity contribution in [1.82, 2.24) is 20.1 Å². The lowest BCUT2D eigenvalue weighted by molar-refractivity contribution is 0.0955. The summed E-state index contributed by atoms with van der Waals surface area (Å²) < 4.78 is 1.70. The zero-order valence-corrected chi connectivity index (χ0v) is 15.6. The van der Waals surface area contributed by atoms with Crippen molar-refractivity contribution in [2.45, 2.75) is 13.5 Å². The smallest absolute Gasteiger partial charge is 0.262 e. The molecule has 0 aliphatic heterocycles. The first-order chi connectivity index (χ1) is 13.2. The molecule has 0 saturated heterocycles. The quantitative estimate of drug-likeness (QED) is 0.569. The van der Waals surface area contributed by atoms with Crippen LogP contribution < -0.4 is 5.32 Å². The normalized spacial score (nSPS) is 10.7. The van der Waals surface area contributed by atoms with E-state index in [2.05, 4.69) is 46.6 Å². The van der Waals surface area contributed by atoms with Gasteiger partial charge in [0.25, 0.3) is 5.91 Å². The second kappa shape index (κ2) is 7.55. The molecule has 0 fully saturated rings. The number of benzene rings is 2. The highest BCUT2D eigenvalue weighted by molar-refractivity contribution is 7.12. The molecule has 0 saturated carbocycles. The number of amides is 1. The van der Waals surface area contributed by atoms with E-state index in [0.717, 1.165) is 27.3 Å². The summed E-state index contributed by atoms with van der Waals surface area (Å²) in [6, 6.07) is 18.1. The molecule has 2 aromatic carbocycles. The van der Waals surface area contributed by atoms with Crippen LogP contribution in [0.15, 0.2) is 72.6 Å².